The maximum absolute atomic E-state index is 5.93. The standard InChI is InChI=1S/C28H35N5OS/c1-20-21(2)33(23-10-5-4-6-11-23)22(3)25(20)27-26(24-12-7-8-13-29-24)30-28(35)32(27)15-9-14-31-16-18-34-19-17-31/h4-8,10-13,26-27H,9,14-19H2,1-3H3,(H,30,35)/t26-,27+/m1/s1. The van der Waals surface area contributed by atoms with Gasteiger partial charge in [-0.15, -0.1) is 0 Å². The van der Waals surface area contributed by atoms with Gasteiger partial charge in [0.25, 0.3) is 0 Å². The van der Waals surface area contributed by atoms with E-state index >= 15 is 0 Å². The highest BCUT2D eigenvalue weighted by Gasteiger charge is 2.42. The summed E-state index contributed by atoms with van der Waals surface area (Å²) < 4.78 is 7.90. The van der Waals surface area contributed by atoms with Crippen LogP contribution in [0, 0.1) is 20.8 Å². The molecule has 1 N–H and O–H groups in total. The Bertz CT molecular complexity index is 1160. The highest BCUT2D eigenvalue weighted by molar-refractivity contribution is 7.80. The van der Waals surface area contributed by atoms with E-state index in [1.165, 1.54) is 28.2 Å². The summed E-state index contributed by atoms with van der Waals surface area (Å²) in [5.41, 5.74) is 7.43. The molecule has 5 rings (SSSR count). The predicted octanol–water partition coefficient (Wildman–Crippen LogP) is 4.49. The fraction of sp³-hybridized carbons (Fsp3) is 0.429. The second-order valence-corrected chi connectivity index (χ2v) is 9.89. The molecule has 0 unspecified atom stereocenters. The van der Waals surface area contributed by atoms with Crippen LogP contribution in [0.3, 0.4) is 0 Å². The number of hydrogen-bond donors (Lipinski definition) is 1. The van der Waals surface area contributed by atoms with E-state index in [0.29, 0.717) is 0 Å². The predicted molar refractivity (Wildman–Crippen MR) is 144 cm³/mol. The molecule has 2 aromatic heterocycles. The van der Waals surface area contributed by atoms with Gasteiger partial charge in [-0.25, -0.2) is 0 Å². The first-order valence-electron chi connectivity index (χ1n) is 12.6. The molecule has 2 fully saturated rings. The molecule has 0 radical (unpaired) electrons. The number of morpholine rings is 1. The van der Waals surface area contributed by atoms with E-state index in [4.69, 9.17) is 21.9 Å². The Hall–Kier alpha value is -2.74. The molecule has 0 spiro atoms. The Morgan fingerprint density at radius 2 is 1.71 bits per heavy atom. The number of para-hydroxylation sites is 1. The molecular weight excluding hydrogens is 454 g/mol. The van der Waals surface area contributed by atoms with Crippen molar-refractivity contribution in [2.45, 2.75) is 39.3 Å². The number of rotatable bonds is 7. The van der Waals surface area contributed by atoms with Crippen molar-refractivity contribution in [1.82, 2.24) is 24.7 Å². The van der Waals surface area contributed by atoms with E-state index in [1.54, 1.807) is 0 Å². The van der Waals surface area contributed by atoms with Crippen molar-refractivity contribution in [3.63, 3.8) is 0 Å². The molecule has 0 saturated carbocycles. The number of hydrogen-bond acceptors (Lipinski definition) is 4. The van der Waals surface area contributed by atoms with Crippen molar-refractivity contribution in [3.8, 4) is 5.69 Å². The normalized spacial score (nSPS) is 20.9. The van der Waals surface area contributed by atoms with E-state index in [2.05, 4.69) is 82.9 Å². The zero-order valence-electron chi connectivity index (χ0n) is 20.9. The van der Waals surface area contributed by atoms with E-state index in [9.17, 15) is 0 Å². The summed E-state index contributed by atoms with van der Waals surface area (Å²) in [4.78, 5) is 9.62. The lowest BCUT2D eigenvalue weighted by Gasteiger charge is -2.31. The third kappa shape index (κ3) is 4.73. The van der Waals surface area contributed by atoms with Crippen LogP contribution in [-0.4, -0.2) is 63.9 Å². The van der Waals surface area contributed by atoms with Gasteiger partial charge in [-0.1, -0.05) is 24.3 Å². The van der Waals surface area contributed by atoms with Crippen LogP contribution in [-0.2, 0) is 4.74 Å². The second kappa shape index (κ2) is 10.5. The second-order valence-electron chi connectivity index (χ2n) is 9.51. The highest BCUT2D eigenvalue weighted by atomic mass is 32.1. The van der Waals surface area contributed by atoms with Crippen LogP contribution in [0.15, 0.2) is 54.7 Å². The van der Waals surface area contributed by atoms with Gasteiger partial charge < -0.3 is 19.5 Å². The molecule has 6 nitrogen and oxygen atoms in total. The Morgan fingerprint density at radius 1 is 0.971 bits per heavy atom. The molecule has 7 heteroatoms. The first kappa shape index (κ1) is 24.0. The minimum atomic E-state index is 0.00973. The Labute approximate surface area is 213 Å². The van der Waals surface area contributed by atoms with Crippen molar-refractivity contribution >= 4 is 17.3 Å². The maximum Gasteiger partial charge on any atom is 0.170 e. The van der Waals surface area contributed by atoms with Gasteiger partial charge in [0, 0.05) is 55.0 Å². The fourth-order valence-electron chi connectivity index (χ4n) is 5.66. The minimum Gasteiger partial charge on any atom is -0.379 e. The van der Waals surface area contributed by atoms with E-state index in [-0.39, 0.29) is 12.1 Å². The molecule has 4 heterocycles. The van der Waals surface area contributed by atoms with Crippen molar-refractivity contribution in [3.05, 3.63) is 82.9 Å². The molecule has 3 aromatic rings. The molecule has 0 bridgehead atoms. The average Bonchev–Trinajstić information content (AvgIpc) is 3.32. The lowest BCUT2D eigenvalue weighted by Crippen LogP contribution is -2.39. The zero-order chi connectivity index (χ0) is 24.4. The summed E-state index contributed by atoms with van der Waals surface area (Å²) in [5.74, 6) is 0. The summed E-state index contributed by atoms with van der Waals surface area (Å²) in [6, 6.07) is 16.9. The smallest absolute Gasteiger partial charge is 0.170 e. The molecule has 184 valence electrons. The lowest BCUT2D eigenvalue weighted by atomic mass is 9.93. The Morgan fingerprint density at radius 3 is 2.43 bits per heavy atom. The van der Waals surface area contributed by atoms with Gasteiger partial charge in [-0.2, -0.15) is 0 Å². The molecule has 2 atom stereocenters. The molecule has 0 aliphatic carbocycles. The SMILES string of the molecule is Cc1c([C@H]2[C@@H](c3ccccn3)NC(=S)N2CCCN2CCOCC2)c(C)n(-c2ccccc2)c1C. The summed E-state index contributed by atoms with van der Waals surface area (Å²) in [6.45, 7) is 12.4. The number of benzene rings is 1. The van der Waals surface area contributed by atoms with Crippen LogP contribution in [0.1, 0.15) is 46.7 Å². The number of aromatic nitrogens is 2. The number of ether oxygens (including phenoxy) is 1. The number of nitrogens with zero attached hydrogens (tertiary/aromatic N) is 4. The molecule has 35 heavy (non-hydrogen) atoms. The Balaban J connectivity index is 1.51. The van der Waals surface area contributed by atoms with Crippen molar-refractivity contribution in [2.75, 3.05) is 39.4 Å². The van der Waals surface area contributed by atoms with Gasteiger partial charge in [0.05, 0.1) is 31.0 Å². The third-order valence-electron chi connectivity index (χ3n) is 7.49. The number of thiocarbonyl (C=S) groups is 1. The van der Waals surface area contributed by atoms with Crippen molar-refractivity contribution in [2.24, 2.45) is 0 Å². The minimum absolute atomic E-state index is 0.00973. The molecule has 2 saturated heterocycles. The number of nitrogens with one attached hydrogen (secondary N) is 1. The molecule has 2 aliphatic rings. The molecule has 1 aromatic carbocycles. The summed E-state index contributed by atoms with van der Waals surface area (Å²) in [7, 11) is 0. The van der Waals surface area contributed by atoms with Crippen LogP contribution in [0.5, 0.6) is 0 Å². The number of pyridine rings is 1. The third-order valence-corrected chi connectivity index (χ3v) is 7.84. The van der Waals surface area contributed by atoms with Crippen LogP contribution in [0.2, 0.25) is 0 Å². The fourth-order valence-corrected chi connectivity index (χ4v) is 5.99. The maximum atomic E-state index is 5.93. The van der Waals surface area contributed by atoms with Gasteiger partial charge in [-0.3, -0.25) is 9.88 Å². The first-order valence-corrected chi connectivity index (χ1v) is 13.0. The van der Waals surface area contributed by atoms with E-state index < -0.39 is 0 Å². The quantitative estimate of drug-likeness (QED) is 0.494. The summed E-state index contributed by atoms with van der Waals surface area (Å²) in [5, 5.41) is 4.45. The van der Waals surface area contributed by atoms with E-state index in [1.807, 2.05) is 12.3 Å². The average molecular weight is 490 g/mol. The van der Waals surface area contributed by atoms with E-state index in [0.717, 1.165) is 56.6 Å². The van der Waals surface area contributed by atoms with Crippen molar-refractivity contribution < 1.29 is 4.74 Å². The summed E-state index contributed by atoms with van der Waals surface area (Å²) in [6.07, 6.45) is 2.93. The highest BCUT2D eigenvalue weighted by Crippen LogP contribution is 2.43. The van der Waals surface area contributed by atoms with Crippen LogP contribution in [0.4, 0.5) is 0 Å². The van der Waals surface area contributed by atoms with Gasteiger partial charge in [-0.05, 0) is 69.2 Å². The monoisotopic (exact) mass is 489 g/mol. The first-order chi connectivity index (χ1) is 17.1. The molecular formula is C28H35N5OS. The van der Waals surface area contributed by atoms with Gasteiger partial charge in [0.15, 0.2) is 5.11 Å². The summed E-state index contributed by atoms with van der Waals surface area (Å²) >= 11 is 5.93. The van der Waals surface area contributed by atoms with Crippen molar-refractivity contribution in [1.29, 1.82) is 0 Å². The zero-order valence-corrected chi connectivity index (χ0v) is 21.7. The molecule has 0 amide bonds. The van der Waals surface area contributed by atoms with Crippen LogP contribution >= 0.6 is 12.2 Å². The molecule has 2 aliphatic heterocycles. The van der Waals surface area contributed by atoms with Gasteiger partial charge in [0.2, 0.25) is 0 Å². The van der Waals surface area contributed by atoms with Crippen LogP contribution < -0.4 is 5.32 Å². The topological polar surface area (TPSA) is 45.6 Å². The van der Waals surface area contributed by atoms with Crippen LogP contribution in [0.25, 0.3) is 5.69 Å². The van der Waals surface area contributed by atoms with Gasteiger partial charge >= 0.3 is 0 Å². The lowest BCUT2D eigenvalue weighted by molar-refractivity contribution is 0.0365. The largest absolute Gasteiger partial charge is 0.379 e. The van der Waals surface area contributed by atoms with Gasteiger partial charge in [0.1, 0.15) is 0 Å². The Kier molecular flexibility index (Phi) is 7.18.